The highest BCUT2D eigenvalue weighted by molar-refractivity contribution is 5.93. The number of aromatic nitrogens is 2. The van der Waals surface area contributed by atoms with Gasteiger partial charge in [0.05, 0.1) is 17.9 Å². The lowest BCUT2D eigenvalue weighted by Crippen LogP contribution is -2.36. The van der Waals surface area contributed by atoms with Gasteiger partial charge < -0.3 is 20.9 Å². The summed E-state index contributed by atoms with van der Waals surface area (Å²) in [5.41, 5.74) is 5.94. The zero-order valence-electron chi connectivity index (χ0n) is 13.2. The van der Waals surface area contributed by atoms with Crippen LogP contribution in [0.25, 0.3) is 0 Å². The largest absolute Gasteiger partial charge is 0.328 e. The number of carbonyl (C=O) groups excluding carboxylic acids is 1. The van der Waals surface area contributed by atoms with Crippen molar-refractivity contribution in [1.29, 1.82) is 0 Å². The molecule has 2 rings (SSSR count). The predicted molar refractivity (Wildman–Crippen MR) is 84.1 cm³/mol. The summed E-state index contributed by atoms with van der Waals surface area (Å²) in [6, 6.07) is 0.00912. The van der Waals surface area contributed by atoms with Crippen molar-refractivity contribution in [2.45, 2.75) is 64.1 Å². The topological polar surface area (TPSA) is 85.0 Å². The first-order valence-electron chi connectivity index (χ1n) is 7.81. The number of hydrogen-bond donors (Lipinski definition) is 3. The van der Waals surface area contributed by atoms with Crippen LogP contribution < -0.4 is 16.4 Å². The summed E-state index contributed by atoms with van der Waals surface area (Å²) in [6.07, 6.45) is 7.58. The standard InChI is InChI=1S/C15H27N5O/c1-4-5-12(16)14(21)19-13-8-20(10-18-13)15(6-7-15)9-17-11(2)3/h8,10-12,17H,4-7,9,16H2,1-3H3,(H,19,21)/t12-/m0/s1. The van der Waals surface area contributed by atoms with Crippen molar-refractivity contribution in [3.8, 4) is 0 Å². The number of imidazole rings is 1. The third-order valence-corrected chi connectivity index (χ3v) is 3.98. The Balaban J connectivity index is 1.94. The van der Waals surface area contributed by atoms with E-state index < -0.39 is 6.04 Å². The highest BCUT2D eigenvalue weighted by Gasteiger charge is 2.44. The second kappa shape index (κ2) is 6.58. The van der Waals surface area contributed by atoms with Crippen LogP contribution in [0.1, 0.15) is 46.5 Å². The molecule has 0 spiro atoms. The lowest BCUT2D eigenvalue weighted by atomic mass is 10.2. The second-order valence-corrected chi connectivity index (χ2v) is 6.31. The molecular formula is C15H27N5O. The number of amides is 1. The van der Waals surface area contributed by atoms with E-state index in [9.17, 15) is 4.79 Å². The minimum absolute atomic E-state index is 0.131. The first-order valence-corrected chi connectivity index (χ1v) is 7.81. The van der Waals surface area contributed by atoms with Crippen LogP contribution in [0.2, 0.25) is 0 Å². The maximum atomic E-state index is 11.9. The molecule has 0 bridgehead atoms. The van der Waals surface area contributed by atoms with Crippen LogP contribution in [-0.4, -0.2) is 34.1 Å². The third kappa shape index (κ3) is 4.04. The summed E-state index contributed by atoms with van der Waals surface area (Å²) in [5, 5.41) is 6.27. The van der Waals surface area contributed by atoms with E-state index in [4.69, 9.17) is 5.73 Å². The van der Waals surface area contributed by atoms with Gasteiger partial charge in [0.2, 0.25) is 5.91 Å². The molecule has 1 aliphatic carbocycles. The lowest BCUT2D eigenvalue weighted by Gasteiger charge is -2.19. The van der Waals surface area contributed by atoms with E-state index in [1.807, 2.05) is 13.1 Å². The molecular weight excluding hydrogens is 266 g/mol. The Morgan fingerprint density at radius 3 is 2.81 bits per heavy atom. The highest BCUT2D eigenvalue weighted by atomic mass is 16.2. The molecule has 1 aromatic heterocycles. The molecule has 6 heteroatoms. The van der Waals surface area contributed by atoms with Crippen molar-refractivity contribution in [2.24, 2.45) is 5.73 Å². The highest BCUT2D eigenvalue weighted by Crippen LogP contribution is 2.43. The zero-order valence-corrected chi connectivity index (χ0v) is 13.2. The van der Waals surface area contributed by atoms with Crippen molar-refractivity contribution in [3.05, 3.63) is 12.5 Å². The molecule has 1 saturated carbocycles. The SMILES string of the molecule is CCC[C@H](N)C(=O)Nc1cn(C2(CNC(C)C)CC2)cn1. The van der Waals surface area contributed by atoms with Crippen LogP contribution in [0.5, 0.6) is 0 Å². The van der Waals surface area contributed by atoms with E-state index in [0.717, 1.165) is 25.8 Å². The van der Waals surface area contributed by atoms with Gasteiger partial charge in [0.25, 0.3) is 0 Å². The number of nitrogens with one attached hydrogen (secondary N) is 2. The number of rotatable bonds is 8. The first kappa shape index (κ1) is 16.0. The smallest absolute Gasteiger partial charge is 0.242 e. The van der Waals surface area contributed by atoms with Gasteiger partial charge in [-0.3, -0.25) is 4.79 Å². The normalized spacial score (nSPS) is 17.8. The fourth-order valence-corrected chi connectivity index (χ4v) is 2.37. The van der Waals surface area contributed by atoms with Crippen LogP contribution in [0.15, 0.2) is 12.5 Å². The maximum Gasteiger partial charge on any atom is 0.242 e. The molecule has 4 N–H and O–H groups in total. The van der Waals surface area contributed by atoms with Gasteiger partial charge in [0.1, 0.15) is 0 Å². The summed E-state index contributed by atoms with van der Waals surface area (Å²) in [5.74, 6) is 0.426. The molecule has 118 valence electrons. The molecule has 0 radical (unpaired) electrons. The van der Waals surface area contributed by atoms with E-state index in [2.05, 4.69) is 34.0 Å². The fourth-order valence-electron chi connectivity index (χ4n) is 2.37. The van der Waals surface area contributed by atoms with Crippen LogP contribution in [0, 0.1) is 0 Å². The van der Waals surface area contributed by atoms with Crippen molar-refractivity contribution < 1.29 is 4.79 Å². The third-order valence-electron chi connectivity index (χ3n) is 3.98. The Labute approximate surface area is 126 Å². The summed E-state index contributed by atoms with van der Waals surface area (Å²) < 4.78 is 2.11. The summed E-state index contributed by atoms with van der Waals surface area (Å²) in [4.78, 5) is 16.2. The van der Waals surface area contributed by atoms with Crippen LogP contribution in [-0.2, 0) is 10.3 Å². The maximum absolute atomic E-state index is 11.9. The average molecular weight is 293 g/mol. The molecule has 1 heterocycles. The van der Waals surface area contributed by atoms with E-state index in [1.54, 1.807) is 6.33 Å². The Morgan fingerprint density at radius 2 is 2.24 bits per heavy atom. The molecule has 1 fully saturated rings. The van der Waals surface area contributed by atoms with Crippen molar-refractivity contribution in [2.75, 3.05) is 11.9 Å². The number of nitrogens with zero attached hydrogens (tertiary/aromatic N) is 2. The zero-order chi connectivity index (χ0) is 15.5. The number of anilines is 1. The van der Waals surface area contributed by atoms with E-state index in [0.29, 0.717) is 18.3 Å². The van der Waals surface area contributed by atoms with Gasteiger partial charge in [-0.2, -0.15) is 0 Å². The van der Waals surface area contributed by atoms with Crippen molar-refractivity contribution in [1.82, 2.24) is 14.9 Å². The van der Waals surface area contributed by atoms with Gasteiger partial charge in [-0.15, -0.1) is 0 Å². The Bertz CT molecular complexity index is 478. The summed E-state index contributed by atoms with van der Waals surface area (Å²) in [6.45, 7) is 7.24. The second-order valence-electron chi connectivity index (χ2n) is 6.31. The number of hydrogen-bond acceptors (Lipinski definition) is 4. The molecule has 1 aliphatic rings. The number of carbonyl (C=O) groups is 1. The predicted octanol–water partition coefficient (Wildman–Crippen LogP) is 1.44. The van der Waals surface area contributed by atoms with Crippen molar-refractivity contribution >= 4 is 11.7 Å². The molecule has 0 unspecified atom stereocenters. The Kier molecular flexibility index (Phi) is 5.00. The minimum atomic E-state index is -0.461. The van der Waals surface area contributed by atoms with Gasteiger partial charge in [-0.05, 0) is 19.3 Å². The van der Waals surface area contributed by atoms with Gasteiger partial charge >= 0.3 is 0 Å². The van der Waals surface area contributed by atoms with Gasteiger partial charge in [-0.1, -0.05) is 27.2 Å². The molecule has 21 heavy (non-hydrogen) atoms. The monoisotopic (exact) mass is 293 g/mol. The van der Waals surface area contributed by atoms with Crippen molar-refractivity contribution in [3.63, 3.8) is 0 Å². The Hall–Kier alpha value is -1.40. The van der Waals surface area contributed by atoms with E-state index in [1.165, 1.54) is 0 Å². The molecule has 0 saturated heterocycles. The van der Waals surface area contributed by atoms with E-state index >= 15 is 0 Å². The van der Waals surface area contributed by atoms with Crippen LogP contribution in [0.4, 0.5) is 5.82 Å². The molecule has 0 aliphatic heterocycles. The first-order chi connectivity index (χ1) is 9.97. The molecule has 0 aromatic carbocycles. The van der Waals surface area contributed by atoms with Crippen LogP contribution >= 0.6 is 0 Å². The number of nitrogens with two attached hydrogens (primary N) is 1. The van der Waals surface area contributed by atoms with Gasteiger partial charge in [0, 0.05) is 18.8 Å². The average Bonchev–Trinajstić information content (AvgIpc) is 3.09. The van der Waals surface area contributed by atoms with Gasteiger partial charge in [-0.25, -0.2) is 4.98 Å². The summed E-state index contributed by atoms with van der Waals surface area (Å²) in [7, 11) is 0. The quantitative estimate of drug-likeness (QED) is 0.677. The Morgan fingerprint density at radius 1 is 1.52 bits per heavy atom. The van der Waals surface area contributed by atoms with Crippen LogP contribution in [0.3, 0.4) is 0 Å². The molecule has 6 nitrogen and oxygen atoms in total. The van der Waals surface area contributed by atoms with E-state index in [-0.39, 0.29) is 11.4 Å². The minimum Gasteiger partial charge on any atom is -0.328 e. The summed E-state index contributed by atoms with van der Waals surface area (Å²) >= 11 is 0. The molecule has 1 aromatic rings. The fraction of sp³-hybridized carbons (Fsp3) is 0.733. The molecule has 1 atom stereocenters. The van der Waals surface area contributed by atoms with Gasteiger partial charge in [0.15, 0.2) is 5.82 Å². The lowest BCUT2D eigenvalue weighted by molar-refractivity contribution is -0.117. The molecule has 1 amide bonds.